The van der Waals surface area contributed by atoms with E-state index in [2.05, 4.69) is 20.8 Å². The second kappa shape index (κ2) is 4.78. The molecule has 19 heavy (non-hydrogen) atoms. The highest BCUT2D eigenvalue weighted by Crippen LogP contribution is 2.48. The van der Waals surface area contributed by atoms with Crippen molar-refractivity contribution in [2.75, 3.05) is 0 Å². The van der Waals surface area contributed by atoms with Gasteiger partial charge >= 0.3 is 5.97 Å². The van der Waals surface area contributed by atoms with Crippen molar-refractivity contribution >= 4 is 5.97 Å². The molecular weight excluding hydrogens is 240 g/mol. The zero-order valence-electron chi connectivity index (χ0n) is 12.8. The molecule has 0 aromatic heterocycles. The lowest BCUT2D eigenvalue weighted by atomic mass is 9.59. The van der Waals surface area contributed by atoms with Crippen LogP contribution in [0.1, 0.15) is 48.0 Å². The van der Waals surface area contributed by atoms with Crippen LogP contribution in [0.2, 0.25) is 0 Å². The second-order valence-corrected chi connectivity index (χ2v) is 7.56. The standard InChI is InChI=1S/C16H26O3/c1-14(2,3)12-9-11(10-13(17)18)7-8-16(12,19)15(4,5)6/h7-9,12,19H,10H2,1-6H3,(H,17,18). The van der Waals surface area contributed by atoms with Crippen LogP contribution in [-0.2, 0) is 4.79 Å². The predicted molar refractivity (Wildman–Crippen MR) is 76.8 cm³/mol. The molecule has 1 aliphatic carbocycles. The van der Waals surface area contributed by atoms with Crippen molar-refractivity contribution in [2.24, 2.45) is 16.7 Å². The van der Waals surface area contributed by atoms with E-state index in [1.165, 1.54) is 0 Å². The van der Waals surface area contributed by atoms with Gasteiger partial charge in [-0.3, -0.25) is 4.79 Å². The first-order valence-corrected chi connectivity index (χ1v) is 6.72. The van der Waals surface area contributed by atoms with Crippen LogP contribution in [0.5, 0.6) is 0 Å². The molecule has 0 aliphatic heterocycles. The molecule has 0 bridgehead atoms. The van der Waals surface area contributed by atoms with Gasteiger partial charge in [0.05, 0.1) is 12.0 Å². The second-order valence-electron chi connectivity index (χ2n) is 7.56. The zero-order valence-corrected chi connectivity index (χ0v) is 12.8. The smallest absolute Gasteiger partial charge is 0.307 e. The van der Waals surface area contributed by atoms with Gasteiger partial charge in [0, 0.05) is 5.92 Å². The van der Waals surface area contributed by atoms with E-state index in [-0.39, 0.29) is 23.2 Å². The summed E-state index contributed by atoms with van der Waals surface area (Å²) in [5, 5.41) is 20.0. The van der Waals surface area contributed by atoms with Crippen molar-refractivity contribution in [2.45, 2.75) is 53.6 Å². The van der Waals surface area contributed by atoms with E-state index in [0.717, 1.165) is 5.57 Å². The maximum absolute atomic E-state index is 11.1. The Morgan fingerprint density at radius 3 is 2.16 bits per heavy atom. The third-order valence-electron chi connectivity index (χ3n) is 3.90. The van der Waals surface area contributed by atoms with Gasteiger partial charge in [0.25, 0.3) is 0 Å². The van der Waals surface area contributed by atoms with Crippen molar-refractivity contribution < 1.29 is 15.0 Å². The first kappa shape index (κ1) is 16.0. The first-order chi connectivity index (χ1) is 8.38. The summed E-state index contributed by atoms with van der Waals surface area (Å²) in [5.74, 6) is -0.955. The average molecular weight is 266 g/mol. The number of hydrogen-bond donors (Lipinski definition) is 2. The molecular formula is C16H26O3. The Hall–Kier alpha value is -1.09. The predicted octanol–water partition coefficient (Wildman–Crippen LogP) is 3.40. The van der Waals surface area contributed by atoms with Crippen molar-refractivity contribution in [3.8, 4) is 0 Å². The molecule has 2 N–H and O–H groups in total. The van der Waals surface area contributed by atoms with Gasteiger partial charge in [-0.1, -0.05) is 59.8 Å². The highest BCUT2D eigenvalue weighted by atomic mass is 16.4. The van der Waals surface area contributed by atoms with Gasteiger partial charge in [-0.15, -0.1) is 0 Å². The van der Waals surface area contributed by atoms with E-state index in [4.69, 9.17) is 5.11 Å². The molecule has 0 fully saturated rings. The molecule has 0 heterocycles. The number of aliphatic carboxylic acids is 1. The first-order valence-electron chi connectivity index (χ1n) is 6.72. The molecule has 0 saturated carbocycles. The lowest BCUT2D eigenvalue weighted by Crippen LogP contribution is -2.52. The maximum Gasteiger partial charge on any atom is 0.307 e. The monoisotopic (exact) mass is 266 g/mol. The minimum absolute atomic E-state index is 0.00328. The summed E-state index contributed by atoms with van der Waals surface area (Å²) in [6.45, 7) is 12.2. The quantitative estimate of drug-likeness (QED) is 0.805. The number of rotatable bonds is 2. The highest BCUT2D eigenvalue weighted by molar-refractivity contribution is 5.71. The third kappa shape index (κ3) is 3.27. The Kier molecular flexibility index (Phi) is 4.02. The van der Waals surface area contributed by atoms with Gasteiger partial charge < -0.3 is 10.2 Å². The third-order valence-corrected chi connectivity index (χ3v) is 3.90. The van der Waals surface area contributed by atoms with Crippen LogP contribution in [0.25, 0.3) is 0 Å². The van der Waals surface area contributed by atoms with E-state index < -0.39 is 11.6 Å². The number of carbonyl (C=O) groups is 1. The summed E-state index contributed by atoms with van der Waals surface area (Å²) in [6, 6.07) is 0. The molecule has 0 amide bonds. The van der Waals surface area contributed by atoms with Crippen molar-refractivity contribution in [3.63, 3.8) is 0 Å². The molecule has 0 aromatic rings. The Labute approximate surface area is 116 Å². The highest BCUT2D eigenvalue weighted by Gasteiger charge is 2.49. The normalized spacial score (nSPS) is 28.2. The largest absolute Gasteiger partial charge is 0.481 e. The lowest BCUT2D eigenvalue weighted by Gasteiger charge is -2.49. The minimum atomic E-state index is -0.965. The average Bonchev–Trinajstić information content (AvgIpc) is 2.17. The van der Waals surface area contributed by atoms with Crippen molar-refractivity contribution in [3.05, 3.63) is 23.8 Å². The molecule has 0 spiro atoms. The van der Waals surface area contributed by atoms with Crippen LogP contribution in [-0.4, -0.2) is 21.8 Å². The van der Waals surface area contributed by atoms with E-state index >= 15 is 0 Å². The molecule has 2 unspecified atom stereocenters. The molecule has 3 nitrogen and oxygen atoms in total. The molecule has 0 saturated heterocycles. The molecule has 3 heteroatoms. The number of aliphatic hydroxyl groups is 1. The van der Waals surface area contributed by atoms with Crippen LogP contribution in [0.15, 0.2) is 23.8 Å². The molecule has 1 aliphatic rings. The van der Waals surface area contributed by atoms with Gasteiger partial charge in [-0.05, 0) is 16.4 Å². The Morgan fingerprint density at radius 1 is 1.26 bits per heavy atom. The van der Waals surface area contributed by atoms with Gasteiger partial charge in [-0.2, -0.15) is 0 Å². The number of allylic oxidation sites excluding steroid dienone is 1. The summed E-state index contributed by atoms with van der Waals surface area (Å²) in [7, 11) is 0. The van der Waals surface area contributed by atoms with Gasteiger partial charge in [0.15, 0.2) is 0 Å². The molecule has 0 aromatic carbocycles. The van der Waals surface area contributed by atoms with E-state index in [9.17, 15) is 9.90 Å². The zero-order chi connectivity index (χ0) is 15.1. The van der Waals surface area contributed by atoms with E-state index in [1.54, 1.807) is 12.2 Å². The topological polar surface area (TPSA) is 57.5 Å². The molecule has 2 atom stereocenters. The Bertz CT molecular complexity index is 418. The summed E-state index contributed by atoms with van der Waals surface area (Å²) < 4.78 is 0. The fraction of sp³-hybridized carbons (Fsp3) is 0.688. The summed E-state index contributed by atoms with van der Waals surface area (Å²) in [4.78, 5) is 10.8. The number of hydrogen-bond acceptors (Lipinski definition) is 2. The lowest BCUT2D eigenvalue weighted by molar-refractivity contribution is -0.136. The summed E-state index contributed by atoms with van der Waals surface area (Å²) in [6.07, 6.45) is 5.46. The number of carboxylic acid groups (broad SMARTS) is 1. The minimum Gasteiger partial charge on any atom is -0.481 e. The molecule has 1 rings (SSSR count). The SMILES string of the molecule is CC(C)(C)C1C=C(CC(=O)O)C=CC1(O)C(C)(C)C. The van der Waals surface area contributed by atoms with Gasteiger partial charge in [0.2, 0.25) is 0 Å². The molecule has 0 radical (unpaired) electrons. The number of carboxylic acids is 1. The van der Waals surface area contributed by atoms with Crippen molar-refractivity contribution in [1.82, 2.24) is 0 Å². The summed E-state index contributed by atoms with van der Waals surface area (Å²) >= 11 is 0. The van der Waals surface area contributed by atoms with Gasteiger partial charge in [0.1, 0.15) is 0 Å². The fourth-order valence-electron chi connectivity index (χ4n) is 2.65. The van der Waals surface area contributed by atoms with Crippen LogP contribution in [0.3, 0.4) is 0 Å². The van der Waals surface area contributed by atoms with Crippen molar-refractivity contribution in [1.29, 1.82) is 0 Å². The Morgan fingerprint density at radius 2 is 1.79 bits per heavy atom. The van der Waals surface area contributed by atoms with Crippen LogP contribution in [0.4, 0.5) is 0 Å². The Balaban J connectivity index is 3.23. The van der Waals surface area contributed by atoms with Crippen LogP contribution >= 0.6 is 0 Å². The van der Waals surface area contributed by atoms with Gasteiger partial charge in [-0.25, -0.2) is 0 Å². The van der Waals surface area contributed by atoms with E-state index in [1.807, 2.05) is 26.8 Å². The van der Waals surface area contributed by atoms with Crippen LogP contribution < -0.4 is 0 Å². The fourth-order valence-corrected chi connectivity index (χ4v) is 2.65. The summed E-state index contributed by atoms with van der Waals surface area (Å²) in [5.41, 5.74) is -0.655. The maximum atomic E-state index is 11.1. The van der Waals surface area contributed by atoms with Crippen LogP contribution in [0, 0.1) is 16.7 Å². The molecule has 108 valence electrons. The van der Waals surface area contributed by atoms with E-state index in [0.29, 0.717) is 0 Å².